The number of rotatable bonds is 3. The number of hydrogen-bond acceptors (Lipinski definition) is 3. The van der Waals surface area contributed by atoms with Crippen LogP contribution in [0.15, 0.2) is 48.5 Å². The first kappa shape index (κ1) is 12.3. The van der Waals surface area contributed by atoms with Crippen LogP contribution in [0.3, 0.4) is 0 Å². The number of nitrogens with zero attached hydrogens (tertiary/aromatic N) is 1. The number of aromatic nitrogens is 1. The summed E-state index contributed by atoms with van der Waals surface area (Å²) < 4.78 is 0.703. The van der Waals surface area contributed by atoms with Gasteiger partial charge in [0.2, 0.25) is 0 Å². The number of hydrogen-bond donors (Lipinski definition) is 0. The van der Waals surface area contributed by atoms with E-state index in [9.17, 15) is 4.79 Å². The SMILES string of the molecule is O=C(Cc1ccc(Cl)s1)c1ccc2ccccc2n1. The lowest BCUT2D eigenvalue weighted by Crippen LogP contribution is -2.04. The van der Waals surface area contributed by atoms with Crippen LogP contribution in [0, 0.1) is 0 Å². The topological polar surface area (TPSA) is 30.0 Å². The summed E-state index contributed by atoms with van der Waals surface area (Å²) in [5.41, 5.74) is 1.35. The van der Waals surface area contributed by atoms with E-state index < -0.39 is 0 Å². The van der Waals surface area contributed by atoms with Crippen LogP contribution < -0.4 is 0 Å². The Kier molecular flexibility index (Phi) is 3.32. The van der Waals surface area contributed by atoms with Crippen molar-refractivity contribution in [2.75, 3.05) is 0 Å². The van der Waals surface area contributed by atoms with Crippen molar-refractivity contribution < 1.29 is 4.79 Å². The Morgan fingerprint density at radius 3 is 2.74 bits per heavy atom. The summed E-state index contributed by atoms with van der Waals surface area (Å²) in [5, 5.41) is 1.04. The summed E-state index contributed by atoms with van der Waals surface area (Å²) in [6.07, 6.45) is 0.350. The van der Waals surface area contributed by atoms with E-state index in [1.54, 1.807) is 6.07 Å². The number of carbonyl (C=O) groups excluding carboxylic acids is 1. The number of Topliss-reactive ketones (excluding diaryl/α,β-unsaturated/α-hetero) is 1. The molecule has 3 rings (SSSR count). The Hall–Kier alpha value is -1.71. The lowest BCUT2D eigenvalue weighted by Gasteiger charge is -2.01. The Bertz CT molecular complexity index is 750. The van der Waals surface area contributed by atoms with E-state index in [0.717, 1.165) is 15.8 Å². The van der Waals surface area contributed by atoms with Crippen LogP contribution in [0.25, 0.3) is 10.9 Å². The predicted molar refractivity (Wildman–Crippen MR) is 79.1 cm³/mol. The van der Waals surface area contributed by atoms with Crippen molar-refractivity contribution in [2.24, 2.45) is 0 Å². The summed E-state index contributed by atoms with van der Waals surface area (Å²) in [5.74, 6) is 0.0178. The van der Waals surface area contributed by atoms with Crippen LogP contribution in [0.2, 0.25) is 4.34 Å². The van der Waals surface area contributed by atoms with E-state index >= 15 is 0 Å². The molecule has 4 heteroatoms. The third-order valence-electron chi connectivity index (χ3n) is 2.85. The maximum atomic E-state index is 12.2. The van der Waals surface area contributed by atoms with Gasteiger partial charge in [0.25, 0.3) is 0 Å². The van der Waals surface area contributed by atoms with Crippen molar-refractivity contribution >= 4 is 39.6 Å². The van der Waals surface area contributed by atoms with E-state index in [1.807, 2.05) is 42.5 Å². The van der Waals surface area contributed by atoms with Crippen LogP contribution in [0.4, 0.5) is 0 Å². The van der Waals surface area contributed by atoms with Crippen LogP contribution in [0.5, 0.6) is 0 Å². The zero-order valence-electron chi connectivity index (χ0n) is 9.97. The number of thiophene rings is 1. The fourth-order valence-corrected chi connectivity index (χ4v) is 3.00. The smallest absolute Gasteiger partial charge is 0.186 e. The summed E-state index contributed by atoms with van der Waals surface area (Å²) in [4.78, 5) is 17.5. The third-order valence-corrected chi connectivity index (χ3v) is 4.08. The van der Waals surface area contributed by atoms with Crippen molar-refractivity contribution in [3.63, 3.8) is 0 Å². The van der Waals surface area contributed by atoms with E-state index in [2.05, 4.69) is 4.98 Å². The maximum Gasteiger partial charge on any atom is 0.186 e. The van der Waals surface area contributed by atoms with Crippen LogP contribution in [0.1, 0.15) is 15.4 Å². The minimum absolute atomic E-state index is 0.0178. The van der Waals surface area contributed by atoms with Crippen molar-refractivity contribution in [1.29, 1.82) is 0 Å². The first-order valence-corrected chi connectivity index (χ1v) is 7.05. The quantitative estimate of drug-likeness (QED) is 0.669. The highest BCUT2D eigenvalue weighted by molar-refractivity contribution is 7.16. The number of fused-ring (bicyclic) bond motifs is 1. The van der Waals surface area contributed by atoms with Crippen LogP contribution in [-0.2, 0) is 6.42 Å². The summed E-state index contributed by atoms with van der Waals surface area (Å²) in [7, 11) is 0. The molecule has 0 amide bonds. The second-order valence-electron chi connectivity index (χ2n) is 4.19. The molecule has 2 nitrogen and oxygen atoms in total. The minimum Gasteiger partial charge on any atom is -0.292 e. The molecule has 0 radical (unpaired) electrons. The molecule has 0 saturated carbocycles. The van der Waals surface area contributed by atoms with Crippen molar-refractivity contribution in [3.05, 3.63) is 63.4 Å². The van der Waals surface area contributed by atoms with Gasteiger partial charge >= 0.3 is 0 Å². The molecule has 2 aromatic heterocycles. The zero-order chi connectivity index (χ0) is 13.2. The standard InChI is InChI=1S/C15H10ClNOS/c16-15-8-6-11(19-15)9-14(18)13-7-5-10-3-1-2-4-12(10)17-13/h1-8H,9H2. The highest BCUT2D eigenvalue weighted by atomic mass is 35.5. The molecule has 2 heterocycles. The van der Waals surface area contributed by atoms with Gasteiger partial charge in [-0.1, -0.05) is 35.9 Å². The third kappa shape index (κ3) is 2.67. The lowest BCUT2D eigenvalue weighted by atomic mass is 10.1. The van der Waals surface area contributed by atoms with Gasteiger partial charge in [0, 0.05) is 16.7 Å². The highest BCUT2D eigenvalue weighted by Crippen LogP contribution is 2.23. The molecule has 0 aliphatic rings. The fourth-order valence-electron chi connectivity index (χ4n) is 1.92. The van der Waals surface area contributed by atoms with E-state index in [4.69, 9.17) is 11.6 Å². The molecule has 0 fully saturated rings. The van der Waals surface area contributed by atoms with Crippen molar-refractivity contribution in [1.82, 2.24) is 4.98 Å². The lowest BCUT2D eigenvalue weighted by molar-refractivity contribution is 0.0989. The van der Waals surface area contributed by atoms with Gasteiger partial charge in [-0.25, -0.2) is 4.98 Å². The van der Waals surface area contributed by atoms with Crippen molar-refractivity contribution in [2.45, 2.75) is 6.42 Å². The van der Waals surface area contributed by atoms with Gasteiger partial charge < -0.3 is 0 Å². The molecule has 3 aromatic rings. The van der Waals surface area contributed by atoms with Crippen LogP contribution >= 0.6 is 22.9 Å². The number of para-hydroxylation sites is 1. The number of benzene rings is 1. The van der Waals surface area contributed by atoms with Gasteiger partial charge in [0.05, 0.1) is 9.85 Å². The number of ketones is 1. The van der Waals surface area contributed by atoms with Gasteiger partial charge in [0.1, 0.15) is 5.69 Å². The molecule has 0 aliphatic carbocycles. The van der Waals surface area contributed by atoms with Crippen LogP contribution in [-0.4, -0.2) is 10.8 Å². The maximum absolute atomic E-state index is 12.2. The molecule has 0 N–H and O–H groups in total. The molecule has 0 aliphatic heterocycles. The molecular weight excluding hydrogens is 278 g/mol. The second kappa shape index (κ2) is 5.11. The van der Waals surface area contributed by atoms with Gasteiger partial charge in [-0.2, -0.15) is 0 Å². The van der Waals surface area contributed by atoms with Gasteiger partial charge in [-0.3, -0.25) is 4.79 Å². The first-order valence-electron chi connectivity index (χ1n) is 5.85. The molecule has 0 saturated heterocycles. The molecule has 0 atom stereocenters. The zero-order valence-corrected chi connectivity index (χ0v) is 11.5. The molecule has 19 heavy (non-hydrogen) atoms. The molecule has 1 aromatic carbocycles. The fraction of sp³-hybridized carbons (Fsp3) is 0.0667. The van der Waals surface area contributed by atoms with E-state index in [1.165, 1.54) is 11.3 Å². The molecule has 0 spiro atoms. The Morgan fingerprint density at radius 1 is 1.11 bits per heavy atom. The Morgan fingerprint density at radius 2 is 1.95 bits per heavy atom. The average Bonchev–Trinajstić information content (AvgIpc) is 2.83. The van der Waals surface area contributed by atoms with Gasteiger partial charge in [0.15, 0.2) is 5.78 Å². The van der Waals surface area contributed by atoms with Crippen molar-refractivity contribution in [3.8, 4) is 0 Å². The minimum atomic E-state index is 0.0178. The molecule has 94 valence electrons. The molecule has 0 unspecified atom stereocenters. The summed E-state index contributed by atoms with van der Waals surface area (Å²) in [6, 6.07) is 15.2. The largest absolute Gasteiger partial charge is 0.292 e. The normalized spacial score (nSPS) is 10.8. The molecule has 0 bridgehead atoms. The average molecular weight is 288 g/mol. The predicted octanol–water partition coefficient (Wildman–Crippen LogP) is 4.38. The highest BCUT2D eigenvalue weighted by Gasteiger charge is 2.10. The first-order chi connectivity index (χ1) is 9.22. The summed E-state index contributed by atoms with van der Waals surface area (Å²) in [6.45, 7) is 0. The number of halogens is 1. The summed E-state index contributed by atoms with van der Waals surface area (Å²) >= 11 is 7.29. The monoisotopic (exact) mass is 287 g/mol. The molecular formula is C15H10ClNOS. The van der Waals surface area contributed by atoms with Gasteiger partial charge in [-0.05, 0) is 24.3 Å². The van der Waals surface area contributed by atoms with E-state index in [-0.39, 0.29) is 5.78 Å². The second-order valence-corrected chi connectivity index (χ2v) is 5.99. The van der Waals surface area contributed by atoms with Gasteiger partial charge in [-0.15, -0.1) is 11.3 Å². The number of carbonyl (C=O) groups is 1. The Labute approximate surface area is 119 Å². The Balaban J connectivity index is 1.89. The van der Waals surface area contributed by atoms with E-state index in [0.29, 0.717) is 16.5 Å². The number of pyridine rings is 1.